The van der Waals surface area contributed by atoms with Crippen molar-refractivity contribution in [2.75, 3.05) is 0 Å². The van der Waals surface area contributed by atoms with Gasteiger partial charge in [0.15, 0.2) is 0 Å². The molecular weight excluding hydrogens is 728 g/mol. The van der Waals surface area contributed by atoms with Gasteiger partial charge in [0.1, 0.15) is 0 Å². The zero-order valence-electron chi connectivity index (χ0n) is 2.81. The van der Waals surface area contributed by atoms with Gasteiger partial charge in [-0.25, -0.2) is 0 Å². The molecule has 40 valence electrons. The topological polar surface area (TPSA) is 0 Å². The maximum Gasteiger partial charge on any atom is 1.00 e. The zero-order valence-corrected chi connectivity index (χ0v) is 15.6. The Bertz CT molecular complexity index is 23.0. The SMILES string of the molecule is [I][Au-]([I])([I])[I].[Na+]. The second-order valence-corrected chi connectivity index (χ2v) is 95.2. The molecule has 0 heterocycles. The van der Waals surface area contributed by atoms with E-state index < -0.39 is 1.87 Å². The van der Waals surface area contributed by atoms with Gasteiger partial charge < -0.3 is 0 Å². The van der Waals surface area contributed by atoms with Crippen LogP contribution >= 0.6 is 76.1 Å². The molecule has 0 radical (unpaired) electrons. The van der Waals surface area contributed by atoms with Gasteiger partial charge in [0.2, 0.25) is 0 Å². The Balaban J connectivity index is 0. The van der Waals surface area contributed by atoms with Crippen molar-refractivity contribution in [3.05, 3.63) is 0 Å². The molecule has 0 bridgehead atoms. The molecule has 0 aliphatic carbocycles. The van der Waals surface area contributed by atoms with E-state index in [2.05, 4.69) is 76.1 Å². The predicted octanol–water partition coefficient (Wildman–Crippen LogP) is 0.544. The maximum absolute atomic E-state index is 2.51. The summed E-state index contributed by atoms with van der Waals surface area (Å²) in [6, 6.07) is 0. The predicted molar refractivity (Wildman–Crippen MR) is 56.1 cm³/mol. The first kappa shape index (κ1) is 13.3. The fourth-order valence-corrected chi connectivity index (χ4v) is 0. The molecule has 0 atom stereocenters. The largest absolute Gasteiger partial charge is 1.00 e. The second-order valence-electron chi connectivity index (χ2n) is 0.258. The second kappa shape index (κ2) is 6.38. The smallest absolute Gasteiger partial charge is 1.00 e. The Morgan fingerprint density at radius 3 is 0.833 bits per heavy atom. The van der Waals surface area contributed by atoms with E-state index in [0.29, 0.717) is 0 Å². The molecule has 0 saturated heterocycles. The fraction of sp³-hybridized carbons (Fsp3) is 0. The number of hydrogen-bond donors (Lipinski definition) is 0. The van der Waals surface area contributed by atoms with Crippen LogP contribution in [0.15, 0.2) is 0 Å². The Morgan fingerprint density at radius 1 is 0.833 bits per heavy atom. The van der Waals surface area contributed by atoms with E-state index in [1.165, 1.54) is 0 Å². The van der Waals surface area contributed by atoms with Crippen LogP contribution < -0.4 is 29.6 Å². The van der Waals surface area contributed by atoms with Crippen LogP contribution in [0.5, 0.6) is 0 Å². The average Bonchev–Trinajstić information content (AvgIpc) is 0.722. The summed E-state index contributed by atoms with van der Waals surface area (Å²) >= 11 is 10.0. The van der Waals surface area contributed by atoms with Crippen molar-refractivity contribution < 1.29 is 31.4 Å². The first-order valence-electron chi connectivity index (χ1n) is 0.456. The van der Waals surface area contributed by atoms with Crippen LogP contribution in [-0.2, 0) is 1.87 Å². The van der Waals surface area contributed by atoms with Crippen molar-refractivity contribution in [2.24, 2.45) is 0 Å². The van der Waals surface area contributed by atoms with Gasteiger partial charge in [-0.1, -0.05) is 0 Å². The van der Waals surface area contributed by atoms with Crippen molar-refractivity contribution in [2.45, 2.75) is 0 Å². The van der Waals surface area contributed by atoms with Gasteiger partial charge in [0, 0.05) is 0 Å². The summed E-state index contributed by atoms with van der Waals surface area (Å²) in [5.41, 5.74) is 0. The fourth-order valence-electron chi connectivity index (χ4n) is 0. The maximum atomic E-state index is 2.51. The van der Waals surface area contributed by atoms with E-state index in [0.717, 1.165) is 0 Å². The Kier molecular flexibility index (Phi) is 14.1. The van der Waals surface area contributed by atoms with Crippen LogP contribution in [0, 0.1) is 0 Å². The summed E-state index contributed by atoms with van der Waals surface area (Å²) in [5.74, 6) is 0. The van der Waals surface area contributed by atoms with Crippen molar-refractivity contribution in [3.63, 3.8) is 0 Å². The minimum Gasteiger partial charge on any atom is 1.00 e. The van der Waals surface area contributed by atoms with Crippen LogP contribution in [0.4, 0.5) is 0 Å². The molecule has 0 aromatic heterocycles. The third-order valence-electron chi connectivity index (χ3n) is 0. The van der Waals surface area contributed by atoms with Crippen LogP contribution in [0.3, 0.4) is 0 Å². The third kappa shape index (κ3) is 23.4. The zero-order chi connectivity index (χ0) is 4.50. The molecule has 6 heteroatoms. The van der Waals surface area contributed by atoms with Gasteiger partial charge in [-0.2, -0.15) is 0 Å². The first-order valence-corrected chi connectivity index (χ1v) is 25.0. The molecule has 0 saturated carbocycles. The molecule has 0 aliphatic rings. The number of rotatable bonds is 0. The quantitative estimate of drug-likeness (QED) is 0.253. The van der Waals surface area contributed by atoms with E-state index >= 15 is 0 Å². The molecule has 0 rings (SSSR count). The Morgan fingerprint density at radius 2 is 0.833 bits per heavy atom. The normalized spacial score (nSPS) is 12.7. The molecule has 0 unspecified atom stereocenters. The minimum atomic E-state index is -1.01. The van der Waals surface area contributed by atoms with Crippen LogP contribution in [0.25, 0.3) is 0 Å². The van der Waals surface area contributed by atoms with E-state index in [1.54, 1.807) is 0 Å². The van der Waals surface area contributed by atoms with Gasteiger partial charge in [-0.05, 0) is 0 Å². The van der Waals surface area contributed by atoms with Crippen LogP contribution in [0.2, 0.25) is 0 Å². The Hall–Kier alpha value is 4.66. The molecule has 0 aliphatic heterocycles. The number of halogens is 4. The van der Waals surface area contributed by atoms with Crippen molar-refractivity contribution in [1.29, 1.82) is 0 Å². The van der Waals surface area contributed by atoms with Gasteiger partial charge in [0.05, 0.1) is 0 Å². The van der Waals surface area contributed by atoms with Crippen LogP contribution in [-0.4, -0.2) is 0 Å². The standard InChI is InChI=1S/Au.4HI.Na/h;4*1H;/q+3;;;;;+1/p-4. The molecule has 0 aromatic carbocycles. The number of hydrogen-bond acceptors (Lipinski definition) is 0. The summed E-state index contributed by atoms with van der Waals surface area (Å²) in [4.78, 5) is 0. The molecule has 0 amide bonds. The van der Waals surface area contributed by atoms with E-state index in [-0.39, 0.29) is 29.6 Å². The summed E-state index contributed by atoms with van der Waals surface area (Å²) < 4.78 is -1.01. The van der Waals surface area contributed by atoms with Gasteiger partial charge in [0.25, 0.3) is 0 Å². The molecule has 6 heavy (non-hydrogen) atoms. The average molecular weight is 728 g/mol. The molecule has 0 fully saturated rings. The van der Waals surface area contributed by atoms with Gasteiger partial charge in [-0.3, -0.25) is 0 Å². The minimum absolute atomic E-state index is 0. The summed E-state index contributed by atoms with van der Waals surface area (Å²) in [6.45, 7) is 0. The summed E-state index contributed by atoms with van der Waals surface area (Å²) in [7, 11) is 0. The van der Waals surface area contributed by atoms with E-state index in [4.69, 9.17) is 0 Å². The summed E-state index contributed by atoms with van der Waals surface area (Å²) in [6.07, 6.45) is 0. The van der Waals surface area contributed by atoms with Crippen LogP contribution in [0.1, 0.15) is 0 Å². The first-order chi connectivity index (χ1) is 2.00. The van der Waals surface area contributed by atoms with Crippen molar-refractivity contribution in [1.82, 2.24) is 0 Å². The van der Waals surface area contributed by atoms with Crippen molar-refractivity contribution in [3.8, 4) is 0 Å². The van der Waals surface area contributed by atoms with Crippen molar-refractivity contribution >= 4 is 76.1 Å². The van der Waals surface area contributed by atoms with Gasteiger partial charge >= 0.3 is 108 Å². The van der Waals surface area contributed by atoms with E-state index in [9.17, 15) is 0 Å². The molecular formula is AuI4Na. The molecule has 0 N–H and O–H groups in total. The van der Waals surface area contributed by atoms with Gasteiger partial charge in [-0.15, -0.1) is 0 Å². The monoisotopic (exact) mass is 728 g/mol. The molecule has 0 nitrogen and oxygen atoms in total. The molecule has 0 spiro atoms. The third-order valence-corrected chi connectivity index (χ3v) is 0. The van der Waals surface area contributed by atoms with E-state index in [1.807, 2.05) is 0 Å². The molecule has 0 aromatic rings. The Labute approximate surface area is 104 Å². The summed E-state index contributed by atoms with van der Waals surface area (Å²) in [5, 5.41) is 0.